The molecule has 0 aromatic heterocycles. The molecule has 8 nitrogen and oxygen atoms in total. The van der Waals surface area contributed by atoms with Crippen molar-refractivity contribution >= 4 is 23.6 Å². The van der Waals surface area contributed by atoms with Crippen molar-refractivity contribution in [2.24, 2.45) is 0 Å². The second kappa shape index (κ2) is 7.74. The molecule has 0 spiro atoms. The van der Waals surface area contributed by atoms with Gasteiger partial charge in [0.25, 0.3) is 5.91 Å². The molecule has 26 heavy (non-hydrogen) atoms. The zero-order valence-corrected chi connectivity index (χ0v) is 15.1. The molecule has 2 heterocycles. The third-order valence-electron chi connectivity index (χ3n) is 4.90. The lowest BCUT2D eigenvalue weighted by Crippen LogP contribution is -3.19. The molecule has 1 aromatic carbocycles. The summed E-state index contributed by atoms with van der Waals surface area (Å²) in [5, 5.41) is 0. The number of benzene rings is 1. The number of hydrogen-bond acceptors (Lipinski definition) is 5. The summed E-state index contributed by atoms with van der Waals surface area (Å²) in [5.74, 6) is 0.301. The molecule has 3 amide bonds. The Morgan fingerprint density at radius 2 is 1.85 bits per heavy atom. The summed E-state index contributed by atoms with van der Waals surface area (Å²) in [5.41, 5.74) is 0.563. The van der Waals surface area contributed by atoms with E-state index in [1.165, 1.54) is 4.90 Å². The van der Waals surface area contributed by atoms with Crippen molar-refractivity contribution in [1.82, 2.24) is 4.90 Å². The lowest BCUT2D eigenvalue weighted by Gasteiger charge is -2.33. The van der Waals surface area contributed by atoms with E-state index < -0.39 is 6.04 Å². The predicted molar refractivity (Wildman–Crippen MR) is 93.2 cm³/mol. The standard InChI is InChI=1S/C18H23N3O5/c1-3-26-18(24)20-10-8-19(9-11-20)15-12-16(22)21(17(15)23)13-4-6-14(25-2)7-5-13/h4-7,15H,3,8-12H2,1-2H3/p+1/t15-/m1/s1. The van der Waals surface area contributed by atoms with Crippen molar-refractivity contribution < 1.29 is 28.8 Å². The number of nitrogens with one attached hydrogen (secondary N) is 1. The molecule has 2 aliphatic rings. The van der Waals surface area contributed by atoms with Crippen LogP contribution in [0, 0.1) is 0 Å². The number of amides is 3. The molecule has 2 fully saturated rings. The van der Waals surface area contributed by atoms with Crippen molar-refractivity contribution in [3.05, 3.63) is 24.3 Å². The van der Waals surface area contributed by atoms with Crippen LogP contribution in [0.5, 0.6) is 5.75 Å². The van der Waals surface area contributed by atoms with E-state index in [0.29, 0.717) is 44.2 Å². The number of anilines is 1. The van der Waals surface area contributed by atoms with Gasteiger partial charge in [0, 0.05) is 0 Å². The number of imide groups is 1. The summed E-state index contributed by atoms with van der Waals surface area (Å²) in [4.78, 5) is 41.0. The SMILES string of the molecule is CCOC(=O)N1CC[NH+]([C@@H]2CC(=O)N(c3ccc(OC)cc3)C2=O)CC1. The molecule has 0 saturated carbocycles. The second-order valence-corrected chi connectivity index (χ2v) is 6.37. The Labute approximate surface area is 152 Å². The molecule has 0 radical (unpaired) electrons. The summed E-state index contributed by atoms with van der Waals surface area (Å²) in [7, 11) is 1.57. The molecule has 3 rings (SSSR count). The van der Waals surface area contributed by atoms with Crippen molar-refractivity contribution in [1.29, 1.82) is 0 Å². The van der Waals surface area contributed by atoms with Gasteiger partial charge >= 0.3 is 6.09 Å². The van der Waals surface area contributed by atoms with Crippen LogP contribution >= 0.6 is 0 Å². The highest BCUT2D eigenvalue weighted by Gasteiger charge is 2.46. The van der Waals surface area contributed by atoms with Crippen molar-refractivity contribution in [2.75, 3.05) is 44.8 Å². The van der Waals surface area contributed by atoms with Gasteiger partial charge in [-0.2, -0.15) is 0 Å². The van der Waals surface area contributed by atoms with E-state index in [1.807, 2.05) is 0 Å². The maximum Gasteiger partial charge on any atom is 0.410 e. The highest BCUT2D eigenvalue weighted by molar-refractivity contribution is 6.21. The van der Waals surface area contributed by atoms with Gasteiger partial charge in [0.05, 0.1) is 52.0 Å². The lowest BCUT2D eigenvalue weighted by atomic mass is 10.2. The number of methoxy groups -OCH3 is 1. The summed E-state index contributed by atoms with van der Waals surface area (Å²) in [6.45, 7) is 4.41. The van der Waals surface area contributed by atoms with Gasteiger partial charge in [-0.25, -0.2) is 9.69 Å². The highest BCUT2D eigenvalue weighted by atomic mass is 16.6. The molecule has 0 bridgehead atoms. The minimum Gasteiger partial charge on any atom is -0.497 e. The average Bonchev–Trinajstić information content (AvgIpc) is 2.96. The molecule has 1 atom stereocenters. The Morgan fingerprint density at radius 1 is 1.19 bits per heavy atom. The second-order valence-electron chi connectivity index (χ2n) is 6.37. The Balaban J connectivity index is 1.65. The largest absolute Gasteiger partial charge is 0.497 e. The molecule has 1 N–H and O–H groups in total. The van der Waals surface area contributed by atoms with Crippen LogP contribution in [-0.4, -0.2) is 68.7 Å². The number of quaternary nitrogens is 1. The first kappa shape index (κ1) is 18.2. The third-order valence-corrected chi connectivity index (χ3v) is 4.90. The van der Waals surface area contributed by atoms with Crippen molar-refractivity contribution in [3.8, 4) is 5.75 Å². The van der Waals surface area contributed by atoms with Crippen LogP contribution in [-0.2, 0) is 14.3 Å². The van der Waals surface area contributed by atoms with Crippen LogP contribution < -0.4 is 14.5 Å². The first-order valence-electron chi connectivity index (χ1n) is 8.82. The Bertz CT molecular complexity index is 683. The van der Waals surface area contributed by atoms with Gasteiger partial charge in [0.1, 0.15) is 5.75 Å². The van der Waals surface area contributed by atoms with Gasteiger partial charge in [-0.1, -0.05) is 0 Å². The number of carbonyl (C=O) groups excluding carboxylic acids is 3. The van der Waals surface area contributed by atoms with E-state index in [0.717, 1.165) is 4.90 Å². The van der Waals surface area contributed by atoms with E-state index in [-0.39, 0.29) is 24.3 Å². The molecular weight excluding hydrogens is 338 g/mol. The Kier molecular flexibility index (Phi) is 5.41. The molecule has 8 heteroatoms. The smallest absolute Gasteiger partial charge is 0.410 e. The fourth-order valence-corrected chi connectivity index (χ4v) is 3.49. The fourth-order valence-electron chi connectivity index (χ4n) is 3.49. The topological polar surface area (TPSA) is 80.6 Å². The molecule has 0 aliphatic carbocycles. The summed E-state index contributed by atoms with van der Waals surface area (Å²) in [6.07, 6.45) is -0.125. The zero-order valence-electron chi connectivity index (χ0n) is 15.1. The average molecular weight is 362 g/mol. The number of rotatable bonds is 4. The summed E-state index contributed by atoms with van der Waals surface area (Å²) >= 11 is 0. The molecule has 0 unspecified atom stereocenters. The predicted octanol–water partition coefficient (Wildman–Crippen LogP) is -0.316. The number of nitrogens with zero attached hydrogens (tertiary/aromatic N) is 2. The monoisotopic (exact) mass is 362 g/mol. The maximum absolute atomic E-state index is 12.8. The van der Waals surface area contributed by atoms with Crippen LogP contribution in [0.15, 0.2) is 24.3 Å². The van der Waals surface area contributed by atoms with Crippen LogP contribution in [0.2, 0.25) is 0 Å². The number of piperazine rings is 1. The summed E-state index contributed by atoms with van der Waals surface area (Å²) < 4.78 is 10.1. The van der Waals surface area contributed by atoms with Crippen molar-refractivity contribution in [3.63, 3.8) is 0 Å². The van der Waals surface area contributed by atoms with Gasteiger partial charge in [-0.15, -0.1) is 0 Å². The molecule has 2 aliphatic heterocycles. The van der Waals surface area contributed by atoms with Gasteiger partial charge in [-0.3, -0.25) is 14.5 Å². The van der Waals surface area contributed by atoms with Gasteiger partial charge in [0.2, 0.25) is 5.91 Å². The normalized spacial score (nSPS) is 21.2. The van der Waals surface area contributed by atoms with E-state index >= 15 is 0 Å². The number of hydrogen-bond donors (Lipinski definition) is 1. The van der Waals surface area contributed by atoms with E-state index in [2.05, 4.69) is 0 Å². The first-order chi connectivity index (χ1) is 12.5. The van der Waals surface area contributed by atoms with Crippen LogP contribution in [0.4, 0.5) is 10.5 Å². The molecule has 2 saturated heterocycles. The van der Waals surface area contributed by atoms with E-state index in [9.17, 15) is 14.4 Å². The van der Waals surface area contributed by atoms with Gasteiger partial charge in [-0.05, 0) is 31.2 Å². The Hall–Kier alpha value is -2.61. The van der Waals surface area contributed by atoms with Crippen LogP contribution in [0.3, 0.4) is 0 Å². The molecule has 140 valence electrons. The Morgan fingerprint density at radius 3 is 2.42 bits per heavy atom. The van der Waals surface area contributed by atoms with Gasteiger partial charge < -0.3 is 14.4 Å². The number of ether oxygens (including phenoxy) is 2. The first-order valence-corrected chi connectivity index (χ1v) is 8.82. The van der Waals surface area contributed by atoms with Crippen LogP contribution in [0.25, 0.3) is 0 Å². The highest BCUT2D eigenvalue weighted by Crippen LogP contribution is 2.24. The number of carbonyl (C=O) groups is 3. The minimum atomic E-state index is -0.394. The quantitative estimate of drug-likeness (QED) is 0.743. The van der Waals surface area contributed by atoms with E-state index in [4.69, 9.17) is 9.47 Å². The third kappa shape index (κ3) is 3.50. The lowest BCUT2D eigenvalue weighted by molar-refractivity contribution is -0.918. The zero-order chi connectivity index (χ0) is 18.7. The maximum atomic E-state index is 12.8. The minimum absolute atomic E-state index is 0.181. The van der Waals surface area contributed by atoms with Crippen LogP contribution in [0.1, 0.15) is 13.3 Å². The molecular formula is C18H24N3O5+. The summed E-state index contributed by atoms with van der Waals surface area (Å²) in [6, 6.07) is 6.49. The molecule has 1 aromatic rings. The van der Waals surface area contributed by atoms with Gasteiger partial charge in [0.15, 0.2) is 6.04 Å². The van der Waals surface area contributed by atoms with Crippen molar-refractivity contribution in [2.45, 2.75) is 19.4 Å². The van der Waals surface area contributed by atoms with E-state index in [1.54, 1.807) is 43.2 Å². The fraction of sp³-hybridized carbons (Fsp3) is 0.500.